The lowest BCUT2D eigenvalue weighted by Gasteiger charge is -2.29. The first-order valence-corrected chi connectivity index (χ1v) is 12.9. The van der Waals surface area contributed by atoms with Crippen molar-refractivity contribution >= 4 is 11.9 Å². The molecule has 188 valence electrons. The molecule has 0 radical (unpaired) electrons. The van der Waals surface area contributed by atoms with Gasteiger partial charge in [-0.3, -0.25) is 4.79 Å². The number of fused-ring (bicyclic) bond motifs is 2. The number of H-pyrrole nitrogens is 1. The van der Waals surface area contributed by atoms with Crippen LogP contribution in [0.1, 0.15) is 31.7 Å². The molecule has 1 N–H and O–H groups in total. The Labute approximate surface area is 215 Å². The minimum absolute atomic E-state index is 0.0375. The fourth-order valence-electron chi connectivity index (χ4n) is 6.25. The van der Waals surface area contributed by atoms with Gasteiger partial charge in [0.05, 0.1) is 19.1 Å². The molecule has 3 aliphatic carbocycles. The number of aromatic amines is 1. The Kier molecular flexibility index (Phi) is 6.16. The summed E-state index contributed by atoms with van der Waals surface area (Å²) in [4.78, 5) is 28.1. The monoisotopic (exact) mass is 495 g/mol. The van der Waals surface area contributed by atoms with Crippen LogP contribution < -0.4 is 0 Å². The lowest BCUT2D eigenvalue weighted by Crippen LogP contribution is -2.31. The number of tetrazole rings is 1. The van der Waals surface area contributed by atoms with Crippen LogP contribution in [0.5, 0.6) is 0 Å². The van der Waals surface area contributed by atoms with Gasteiger partial charge in [-0.2, -0.15) is 5.21 Å². The Balaban J connectivity index is 1.30. The number of amides is 1. The Morgan fingerprint density at radius 3 is 2.49 bits per heavy atom. The van der Waals surface area contributed by atoms with Crippen LogP contribution in [0.4, 0.5) is 0 Å². The van der Waals surface area contributed by atoms with E-state index in [0.717, 1.165) is 47.2 Å². The highest BCUT2D eigenvalue weighted by Gasteiger charge is 2.52. The molecule has 4 unspecified atom stereocenters. The fraction of sp³-hybridized carbons (Fsp3) is 0.345. The molecule has 2 bridgehead atoms. The van der Waals surface area contributed by atoms with Crippen molar-refractivity contribution in [3.05, 3.63) is 78.0 Å². The van der Waals surface area contributed by atoms with Crippen molar-refractivity contribution in [2.45, 2.75) is 32.7 Å². The van der Waals surface area contributed by atoms with Crippen molar-refractivity contribution in [3.63, 3.8) is 0 Å². The molecule has 1 aromatic heterocycles. The molecule has 0 spiro atoms. The molecule has 1 amide bonds. The van der Waals surface area contributed by atoms with Crippen LogP contribution in [0.15, 0.2) is 72.5 Å². The molecule has 8 nitrogen and oxygen atoms in total. The molecule has 1 saturated carbocycles. The van der Waals surface area contributed by atoms with E-state index < -0.39 is 0 Å². The third-order valence-electron chi connectivity index (χ3n) is 7.87. The predicted molar refractivity (Wildman–Crippen MR) is 137 cm³/mol. The number of allylic oxidation sites excluding steroid dienone is 3. The third kappa shape index (κ3) is 4.26. The number of carbonyl (C=O) groups excluding carboxylic acids is 2. The summed E-state index contributed by atoms with van der Waals surface area (Å²) in [5.41, 5.74) is 4.72. The van der Waals surface area contributed by atoms with E-state index in [2.05, 4.69) is 32.8 Å². The van der Waals surface area contributed by atoms with Gasteiger partial charge in [-0.25, -0.2) is 4.79 Å². The zero-order chi connectivity index (χ0) is 25.4. The summed E-state index contributed by atoms with van der Waals surface area (Å²) in [6.07, 6.45) is 9.25. The number of aromatic nitrogens is 4. The van der Waals surface area contributed by atoms with Gasteiger partial charge in [0.2, 0.25) is 11.7 Å². The Morgan fingerprint density at radius 1 is 1.05 bits per heavy atom. The standard InChI is InChI=1S/C29H29N5O3/c1-2-37-25(35)16-24-26-20-6-5-7-21(15-14-20)27(26)29(36)34(24)17-18-10-12-19(13-11-18)22-8-3-4-9-23(22)28-30-32-33-31-28/h3-4,8-16,20-21,26-27H,2,5-7,17H2,1H3,(H,30,31,32,33)/b24-16+. The van der Waals surface area contributed by atoms with E-state index in [-0.39, 0.29) is 35.5 Å². The van der Waals surface area contributed by atoms with Crippen molar-refractivity contribution in [3.8, 4) is 22.5 Å². The van der Waals surface area contributed by atoms with Crippen LogP contribution in [-0.4, -0.2) is 44.0 Å². The van der Waals surface area contributed by atoms with Gasteiger partial charge in [-0.1, -0.05) is 67.1 Å². The molecule has 2 aromatic carbocycles. The smallest absolute Gasteiger partial charge is 0.332 e. The largest absolute Gasteiger partial charge is 0.463 e. The molecule has 1 saturated heterocycles. The maximum absolute atomic E-state index is 13.8. The number of likely N-dealkylation sites (tertiary alicyclic amines) is 1. The molecule has 37 heavy (non-hydrogen) atoms. The first-order valence-electron chi connectivity index (χ1n) is 12.9. The van der Waals surface area contributed by atoms with E-state index in [1.165, 1.54) is 0 Å². The van der Waals surface area contributed by atoms with Crippen LogP contribution in [-0.2, 0) is 20.9 Å². The van der Waals surface area contributed by atoms with Crippen LogP contribution in [0.3, 0.4) is 0 Å². The number of hydrogen-bond donors (Lipinski definition) is 1. The molecule has 7 rings (SSSR count). The van der Waals surface area contributed by atoms with Crippen molar-refractivity contribution in [1.82, 2.24) is 25.5 Å². The van der Waals surface area contributed by atoms with Crippen LogP contribution in [0, 0.1) is 23.7 Å². The second-order valence-electron chi connectivity index (χ2n) is 9.92. The summed E-state index contributed by atoms with van der Waals surface area (Å²) in [6.45, 7) is 2.53. The van der Waals surface area contributed by atoms with E-state index in [9.17, 15) is 9.59 Å². The number of carbonyl (C=O) groups is 2. The predicted octanol–water partition coefficient (Wildman–Crippen LogP) is 4.54. The fourth-order valence-corrected chi connectivity index (χ4v) is 6.25. The Bertz CT molecular complexity index is 1360. The van der Waals surface area contributed by atoms with Crippen LogP contribution in [0.25, 0.3) is 22.5 Å². The van der Waals surface area contributed by atoms with Gasteiger partial charge in [0.15, 0.2) is 0 Å². The topological polar surface area (TPSA) is 101 Å². The number of hydrogen-bond acceptors (Lipinski definition) is 6. The van der Waals surface area contributed by atoms with Gasteiger partial charge in [0.25, 0.3) is 0 Å². The summed E-state index contributed by atoms with van der Waals surface area (Å²) in [7, 11) is 0. The summed E-state index contributed by atoms with van der Waals surface area (Å²) in [5, 5.41) is 14.5. The molecule has 2 fully saturated rings. The first kappa shape index (κ1) is 23.3. The number of benzene rings is 2. The zero-order valence-corrected chi connectivity index (χ0v) is 20.7. The molecule has 1 aliphatic heterocycles. The highest BCUT2D eigenvalue weighted by atomic mass is 16.5. The number of nitrogens with zero attached hydrogens (tertiary/aromatic N) is 4. The summed E-state index contributed by atoms with van der Waals surface area (Å²) < 4.78 is 5.25. The van der Waals surface area contributed by atoms with Gasteiger partial charge >= 0.3 is 5.97 Å². The highest BCUT2D eigenvalue weighted by molar-refractivity contribution is 5.90. The van der Waals surface area contributed by atoms with Crippen molar-refractivity contribution in [2.75, 3.05) is 6.61 Å². The summed E-state index contributed by atoms with van der Waals surface area (Å²) in [6, 6.07) is 16.1. The first-order chi connectivity index (χ1) is 18.1. The number of ether oxygens (including phenoxy) is 1. The van der Waals surface area contributed by atoms with Crippen molar-refractivity contribution in [2.24, 2.45) is 23.7 Å². The number of rotatable bonds is 6. The lowest BCUT2D eigenvalue weighted by atomic mass is 9.72. The molecule has 4 aliphatic rings. The maximum atomic E-state index is 13.8. The SMILES string of the molecule is CCOC(=O)/C=C1\C2C3C=CC(CCC3)C2C(=O)N1Cc1ccc(-c2ccccc2-c2nn[nH]n2)cc1. The summed E-state index contributed by atoms with van der Waals surface area (Å²) >= 11 is 0. The molecular formula is C29H29N5O3. The summed E-state index contributed by atoms with van der Waals surface area (Å²) in [5.74, 6) is 0.729. The van der Waals surface area contributed by atoms with Gasteiger partial charge in [-0.05, 0) is 53.5 Å². The molecule has 3 aromatic rings. The Hall–Kier alpha value is -4.07. The minimum Gasteiger partial charge on any atom is -0.463 e. The molecule has 8 heteroatoms. The quantitative estimate of drug-likeness (QED) is 0.306. The van der Waals surface area contributed by atoms with E-state index in [4.69, 9.17) is 4.74 Å². The highest BCUT2D eigenvalue weighted by Crippen LogP contribution is 2.52. The Morgan fingerprint density at radius 2 is 1.78 bits per heavy atom. The third-order valence-corrected chi connectivity index (χ3v) is 7.87. The zero-order valence-electron chi connectivity index (χ0n) is 20.7. The number of esters is 1. The van der Waals surface area contributed by atoms with Crippen molar-refractivity contribution in [1.29, 1.82) is 0 Å². The average Bonchev–Trinajstić information content (AvgIpc) is 3.41. The van der Waals surface area contributed by atoms with Crippen molar-refractivity contribution < 1.29 is 14.3 Å². The average molecular weight is 496 g/mol. The second-order valence-corrected chi connectivity index (χ2v) is 9.92. The van der Waals surface area contributed by atoms with E-state index in [0.29, 0.717) is 19.0 Å². The lowest BCUT2D eigenvalue weighted by molar-refractivity contribution is -0.137. The van der Waals surface area contributed by atoms with E-state index in [1.54, 1.807) is 13.0 Å². The van der Waals surface area contributed by atoms with Gasteiger partial charge in [0.1, 0.15) is 0 Å². The van der Waals surface area contributed by atoms with E-state index >= 15 is 0 Å². The van der Waals surface area contributed by atoms with Crippen LogP contribution in [0.2, 0.25) is 0 Å². The minimum atomic E-state index is -0.381. The molecule has 2 heterocycles. The van der Waals surface area contributed by atoms with Gasteiger partial charge in [-0.15, -0.1) is 10.2 Å². The molecular weight excluding hydrogens is 466 g/mol. The van der Waals surface area contributed by atoms with Gasteiger partial charge < -0.3 is 9.64 Å². The van der Waals surface area contributed by atoms with Crippen LogP contribution >= 0.6 is 0 Å². The molecule has 4 atom stereocenters. The second kappa shape index (κ2) is 9.76. The van der Waals surface area contributed by atoms with E-state index in [1.807, 2.05) is 53.4 Å². The normalized spacial score (nSPS) is 25.4. The maximum Gasteiger partial charge on any atom is 0.332 e. The van der Waals surface area contributed by atoms with Gasteiger partial charge in [0, 0.05) is 23.3 Å². The number of nitrogens with one attached hydrogen (secondary N) is 1.